The first-order valence-electron chi connectivity index (χ1n) is 7.24. The van der Waals surface area contributed by atoms with Gasteiger partial charge >= 0.3 is 0 Å². The van der Waals surface area contributed by atoms with Gasteiger partial charge in [0.1, 0.15) is 22.0 Å². The van der Waals surface area contributed by atoms with E-state index in [2.05, 4.69) is 0 Å². The van der Waals surface area contributed by atoms with Crippen LogP contribution in [0.1, 0.15) is 5.56 Å². The van der Waals surface area contributed by atoms with Crippen molar-refractivity contribution < 1.29 is 17.2 Å². The molecule has 7 nitrogen and oxygen atoms in total. The molecule has 3 rings (SSSR count). The van der Waals surface area contributed by atoms with Crippen LogP contribution < -0.4 is 10.7 Å². The molecule has 0 fully saturated rings. The van der Waals surface area contributed by atoms with Crippen LogP contribution >= 0.6 is 0 Å². The number of fused-ring (bicyclic) bond motifs is 1. The number of hydrogen-bond acceptors (Lipinski definition) is 4. The van der Waals surface area contributed by atoms with E-state index < -0.39 is 27.2 Å². The van der Waals surface area contributed by atoms with E-state index >= 15 is 0 Å². The van der Waals surface area contributed by atoms with Crippen molar-refractivity contribution in [2.45, 2.75) is 11.3 Å². The van der Waals surface area contributed by atoms with Gasteiger partial charge in [-0.05, 0) is 12.1 Å². The molecule has 0 atom stereocenters. The van der Waals surface area contributed by atoms with Crippen molar-refractivity contribution in [3.8, 4) is 11.8 Å². The van der Waals surface area contributed by atoms with Gasteiger partial charge in [0, 0.05) is 36.5 Å². The lowest BCUT2D eigenvalue weighted by Crippen LogP contribution is -2.18. The van der Waals surface area contributed by atoms with Gasteiger partial charge in [-0.3, -0.25) is 4.79 Å². The summed E-state index contributed by atoms with van der Waals surface area (Å²) in [5, 5.41) is 13.8. The maximum Gasteiger partial charge on any atom is 0.275 e. The average Bonchev–Trinajstić information content (AvgIpc) is 2.94. The molecule has 0 aliphatic heterocycles. The molecule has 3 aromatic rings. The van der Waals surface area contributed by atoms with Crippen LogP contribution in [-0.4, -0.2) is 17.6 Å². The number of benzene rings is 1. The van der Waals surface area contributed by atoms with E-state index in [9.17, 15) is 22.0 Å². The summed E-state index contributed by atoms with van der Waals surface area (Å²) in [6.07, 6.45) is 1.99. The zero-order valence-electron chi connectivity index (χ0n) is 13.4. The van der Waals surface area contributed by atoms with Gasteiger partial charge in [-0.1, -0.05) is 0 Å². The first-order chi connectivity index (χ1) is 12.1. The van der Waals surface area contributed by atoms with E-state index in [0.29, 0.717) is 0 Å². The molecule has 0 aliphatic rings. The van der Waals surface area contributed by atoms with Gasteiger partial charge < -0.3 is 9.13 Å². The van der Waals surface area contributed by atoms with Crippen molar-refractivity contribution >= 4 is 20.9 Å². The van der Waals surface area contributed by atoms with Crippen molar-refractivity contribution in [2.24, 2.45) is 12.2 Å². The lowest BCUT2D eigenvalue weighted by molar-refractivity contribution is 0.583. The summed E-state index contributed by atoms with van der Waals surface area (Å²) in [6, 6.07) is 4.71. The summed E-state index contributed by atoms with van der Waals surface area (Å²) in [5.41, 5.74) is -1.29. The Morgan fingerprint density at radius 2 is 1.96 bits per heavy atom. The Hall–Kier alpha value is -3.03. The van der Waals surface area contributed by atoms with Crippen molar-refractivity contribution in [1.82, 2.24) is 9.13 Å². The van der Waals surface area contributed by atoms with Crippen LogP contribution in [0.5, 0.6) is 0 Å². The van der Waals surface area contributed by atoms with Crippen molar-refractivity contribution in [2.75, 3.05) is 0 Å². The third kappa shape index (κ3) is 2.77. The monoisotopic (exact) mass is 378 g/mol. The molecule has 0 bridgehead atoms. The number of rotatable bonds is 3. The molecule has 0 saturated carbocycles. The number of halogens is 2. The Kier molecular flexibility index (Phi) is 4.14. The van der Waals surface area contributed by atoms with E-state index in [1.807, 2.05) is 0 Å². The number of pyridine rings is 1. The fourth-order valence-corrected chi connectivity index (χ4v) is 3.42. The summed E-state index contributed by atoms with van der Waals surface area (Å²) in [6.45, 7) is 0. The maximum absolute atomic E-state index is 14.5. The normalized spacial score (nSPS) is 11.7. The molecule has 1 aromatic carbocycles. The van der Waals surface area contributed by atoms with Crippen molar-refractivity contribution in [1.29, 1.82) is 5.26 Å². The van der Waals surface area contributed by atoms with Crippen molar-refractivity contribution in [3.63, 3.8) is 0 Å². The van der Waals surface area contributed by atoms with Gasteiger partial charge in [0.25, 0.3) is 5.56 Å². The first-order valence-corrected chi connectivity index (χ1v) is 8.78. The average molecular weight is 378 g/mol. The van der Waals surface area contributed by atoms with E-state index in [0.717, 1.165) is 22.9 Å². The molecule has 2 N–H and O–H groups in total. The van der Waals surface area contributed by atoms with Gasteiger partial charge in [-0.2, -0.15) is 5.26 Å². The quantitative estimate of drug-likeness (QED) is 0.741. The topological polar surface area (TPSA) is 111 Å². The number of hydrogen-bond donors (Lipinski definition) is 1. The number of nitrogens with two attached hydrogens (primary N) is 1. The molecule has 0 spiro atoms. The second-order valence-corrected chi connectivity index (χ2v) is 7.16. The van der Waals surface area contributed by atoms with Crippen LogP contribution in [-0.2, 0) is 23.5 Å². The third-order valence-electron chi connectivity index (χ3n) is 3.95. The lowest BCUT2D eigenvalue weighted by Gasteiger charge is -2.09. The highest BCUT2D eigenvalue weighted by atomic mass is 32.2. The zero-order valence-corrected chi connectivity index (χ0v) is 14.2. The number of primary sulfonamides is 1. The highest BCUT2D eigenvalue weighted by Gasteiger charge is 2.23. The SMILES string of the molecule is Cn1ccc2c(S(N)(=O)=O)cn(-c3cc(F)c(CC#N)cc3F)c2c1=O. The van der Waals surface area contributed by atoms with E-state index in [1.165, 1.54) is 23.9 Å². The van der Waals surface area contributed by atoms with Gasteiger partial charge in [0.2, 0.25) is 10.0 Å². The highest BCUT2D eigenvalue weighted by Crippen LogP contribution is 2.28. The Morgan fingerprint density at radius 1 is 1.27 bits per heavy atom. The maximum atomic E-state index is 14.5. The summed E-state index contributed by atoms with van der Waals surface area (Å²) in [4.78, 5) is 12.1. The van der Waals surface area contributed by atoms with Gasteiger partial charge in [-0.15, -0.1) is 0 Å². The molecule has 2 aromatic heterocycles. The van der Waals surface area contributed by atoms with Crippen LogP contribution in [0.3, 0.4) is 0 Å². The minimum absolute atomic E-state index is 0.00323. The van der Waals surface area contributed by atoms with Crippen LogP contribution in [0.2, 0.25) is 0 Å². The van der Waals surface area contributed by atoms with E-state index in [1.54, 1.807) is 6.07 Å². The smallest absolute Gasteiger partial charge is 0.275 e. The molecule has 2 heterocycles. The van der Waals surface area contributed by atoms with E-state index in [4.69, 9.17) is 10.4 Å². The molecule has 0 saturated heterocycles. The van der Waals surface area contributed by atoms with Crippen LogP contribution in [0.4, 0.5) is 8.78 Å². The predicted molar refractivity (Wildman–Crippen MR) is 89.1 cm³/mol. The minimum Gasteiger partial charge on any atom is -0.317 e. The van der Waals surface area contributed by atoms with Gasteiger partial charge in [-0.25, -0.2) is 22.3 Å². The standard InChI is InChI=1S/C16H12F2N4O3S/c1-21-5-3-10-14(26(20,24)25)8-22(15(10)16(21)23)13-7-11(17)9(2-4-19)6-12(13)18/h3,5-8H,2H2,1H3,(H2,20,24,25). The second kappa shape index (κ2) is 6.05. The Bertz CT molecular complexity index is 1250. The Morgan fingerprint density at radius 3 is 2.58 bits per heavy atom. The lowest BCUT2D eigenvalue weighted by atomic mass is 10.1. The Balaban J connectivity index is 2.44. The molecule has 10 heteroatoms. The number of aromatic nitrogens is 2. The molecular weight excluding hydrogens is 366 g/mol. The zero-order chi connectivity index (χ0) is 19.2. The summed E-state index contributed by atoms with van der Waals surface area (Å²) in [7, 11) is -2.78. The van der Waals surface area contributed by atoms with E-state index in [-0.39, 0.29) is 33.5 Å². The summed E-state index contributed by atoms with van der Waals surface area (Å²) < 4.78 is 54.5. The first kappa shape index (κ1) is 17.8. The predicted octanol–water partition coefficient (Wildman–Crippen LogP) is 1.32. The fourth-order valence-electron chi connectivity index (χ4n) is 2.70. The molecular formula is C16H12F2N4O3S. The van der Waals surface area contributed by atoms with Crippen molar-refractivity contribution in [3.05, 3.63) is 58.1 Å². The molecule has 0 amide bonds. The van der Waals surface area contributed by atoms with Crippen LogP contribution in [0, 0.1) is 23.0 Å². The molecule has 0 unspecified atom stereocenters. The molecule has 0 aliphatic carbocycles. The number of sulfonamides is 1. The summed E-state index contributed by atoms with van der Waals surface area (Å²) >= 11 is 0. The third-order valence-corrected chi connectivity index (χ3v) is 4.89. The molecule has 26 heavy (non-hydrogen) atoms. The van der Waals surface area contributed by atoms with Gasteiger partial charge in [0.15, 0.2) is 0 Å². The minimum atomic E-state index is -4.21. The highest BCUT2D eigenvalue weighted by molar-refractivity contribution is 7.89. The van der Waals surface area contributed by atoms with Gasteiger partial charge in [0.05, 0.1) is 18.2 Å². The summed E-state index contributed by atoms with van der Waals surface area (Å²) in [5.74, 6) is -1.77. The molecule has 134 valence electrons. The number of aryl methyl sites for hydroxylation is 1. The van der Waals surface area contributed by atoms with Crippen LogP contribution in [0.15, 0.2) is 40.3 Å². The Labute approximate surface area is 146 Å². The molecule has 0 radical (unpaired) electrons. The number of nitrogens with zero attached hydrogens (tertiary/aromatic N) is 3. The fraction of sp³-hybridized carbons (Fsp3) is 0.125. The number of nitriles is 1. The van der Waals surface area contributed by atoms with Crippen LogP contribution in [0.25, 0.3) is 16.6 Å². The largest absolute Gasteiger partial charge is 0.317 e. The second-order valence-electron chi connectivity index (χ2n) is 5.63.